The molecule has 2 aromatic rings. The lowest BCUT2D eigenvalue weighted by atomic mass is 10.1. The standard InChI is InChI=1S/C10H10N2O.ClH/c13-7-3-4-8-9(5-7)11-12-10(8)6-1-2-6;/h3-6,13H,1-2H2,(H,11,12);1H. The van der Waals surface area contributed by atoms with E-state index in [1.807, 2.05) is 6.07 Å². The van der Waals surface area contributed by atoms with Crippen LogP contribution in [0.1, 0.15) is 24.5 Å². The van der Waals surface area contributed by atoms with E-state index in [1.165, 1.54) is 12.8 Å². The number of phenols is 1. The molecule has 0 bridgehead atoms. The van der Waals surface area contributed by atoms with E-state index in [2.05, 4.69) is 10.2 Å². The number of phenolic OH excluding ortho intramolecular Hbond substituents is 1. The van der Waals surface area contributed by atoms with Crippen LogP contribution in [0.3, 0.4) is 0 Å². The largest absolute Gasteiger partial charge is 0.508 e. The van der Waals surface area contributed by atoms with Gasteiger partial charge in [-0.2, -0.15) is 5.10 Å². The number of nitrogens with zero attached hydrogens (tertiary/aromatic N) is 1. The molecular weight excluding hydrogens is 200 g/mol. The van der Waals surface area contributed by atoms with Crippen molar-refractivity contribution < 1.29 is 5.11 Å². The van der Waals surface area contributed by atoms with Crippen LogP contribution >= 0.6 is 12.4 Å². The molecule has 1 aromatic carbocycles. The van der Waals surface area contributed by atoms with Crippen LogP contribution in [0.4, 0.5) is 0 Å². The normalized spacial score (nSPS) is 15.4. The average molecular weight is 211 g/mol. The molecule has 1 fully saturated rings. The summed E-state index contributed by atoms with van der Waals surface area (Å²) in [6, 6.07) is 5.36. The maximum Gasteiger partial charge on any atom is 0.117 e. The molecule has 74 valence electrons. The lowest BCUT2D eigenvalue weighted by molar-refractivity contribution is 0.476. The Balaban J connectivity index is 0.000000750. The third kappa shape index (κ3) is 1.34. The Bertz CT molecular complexity index is 462. The molecule has 1 aromatic heterocycles. The fourth-order valence-corrected chi connectivity index (χ4v) is 1.70. The summed E-state index contributed by atoms with van der Waals surface area (Å²) in [6.07, 6.45) is 2.50. The van der Waals surface area contributed by atoms with Crippen LogP contribution in [0, 0.1) is 0 Å². The summed E-state index contributed by atoms with van der Waals surface area (Å²) < 4.78 is 0. The molecule has 3 nitrogen and oxygen atoms in total. The number of fused-ring (bicyclic) bond motifs is 1. The van der Waals surface area contributed by atoms with Gasteiger partial charge in [0.2, 0.25) is 0 Å². The highest BCUT2D eigenvalue weighted by Crippen LogP contribution is 2.42. The van der Waals surface area contributed by atoms with Crippen LogP contribution in [0.15, 0.2) is 18.2 Å². The van der Waals surface area contributed by atoms with Crippen LogP contribution in [-0.4, -0.2) is 15.3 Å². The molecule has 14 heavy (non-hydrogen) atoms. The number of halogens is 1. The number of H-pyrrole nitrogens is 1. The van der Waals surface area contributed by atoms with Gasteiger partial charge in [-0.15, -0.1) is 12.4 Å². The molecule has 1 aliphatic rings. The summed E-state index contributed by atoms with van der Waals surface area (Å²) in [4.78, 5) is 0. The highest BCUT2D eigenvalue weighted by atomic mass is 35.5. The van der Waals surface area contributed by atoms with E-state index in [4.69, 9.17) is 0 Å². The van der Waals surface area contributed by atoms with Crippen LogP contribution in [0.2, 0.25) is 0 Å². The van der Waals surface area contributed by atoms with Crippen LogP contribution in [-0.2, 0) is 0 Å². The molecule has 1 aliphatic carbocycles. The van der Waals surface area contributed by atoms with E-state index in [1.54, 1.807) is 12.1 Å². The second-order valence-corrected chi connectivity index (χ2v) is 3.61. The fourth-order valence-electron chi connectivity index (χ4n) is 1.70. The van der Waals surface area contributed by atoms with Crippen molar-refractivity contribution in [3.8, 4) is 5.75 Å². The van der Waals surface area contributed by atoms with E-state index in [9.17, 15) is 5.11 Å². The molecule has 0 saturated heterocycles. The smallest absolute Gasteiger partial charge is 0.117 e. The maximum absolute atomic E-state index is 9.25. The minimum atomic E-state index is 0. The Labute approximate surface area is 87.5 Å². The topological polar surface area (TPSA) is 48.9 Å². The zero-order valence-electron chi connectivity index (χ0n) is 7.53. The number of nitrogens with one attached hydrogen (secondary N) is 1. The van der Waals surface area contributed by atoms with Gasteiger partial charge < -0.3 is 5.11 Å². The van der Waals surface area contributed by atoms with Crippen molar-refractivity contribution in [2.45, 2.75) is 18.8 Å². The van der Waals surface area contributed by atoms with Crippen molar-refractivity contribution in [2.24, 2.45) is 0 Å². The molecule has 1 heterocycles. The molecule has 0 spiro atoms. The molecule has 4 heteroatoms. The Hall–Kier alpha value is -1.22. The van der Waals surface area contributed by atoms with Gasteiger partial charge in [-0.25, -0.2) is 0 Å². The van der Waals surface area contributed by atoms with Gasteiger partial charge in [-0.1, -0.05) is 0 Å². The predicted molar refractivity (Wildman–Crippen MR) is 57.0 cm³/mol. The number of aromatic hydroxyl groups is 1. The van der Waals surface area contributed by atoms with Gasteiger partial charge >= 0.3 is 0 Å². The predicted octanol–water partition coefficient (Wildman–Crippen LogP) is 2.57. The first-order valence-electron chi connectivity index (χ1n) is 4.51. The molecule has 0 atom stereocenters. The van der Waals surface area contributed by atoms with Crippen molar-refractivity contribution in [3.63, 3.8) is 0 Å². The van der Waals surface area contributed by atoms with Gasteiger partial charge in [0.05, 0.1) is 11.2 Å². The molecule has 0 amide bonds. The highest BCUT2D eigenvalue weighted by molar-refractivity contribution is 5.85. The summed E-state index contributed by atoms with van der Waals surface area (Å²) in [5, 5.41) is 17.6. The van der Waals surface area contributed by atoms with E-state index < -0.39 is 0 Å². The zero-order chi connectivity index (χ0) is 8.84. The number of aromatic amines is 1. The first-order valence-corrected chi connectivity index (χ1v) is 4.51. The van der Waals surface area contributed by atoms with Crippen LogP contribution in [0.5, 0.6) is 5.75 Å². The first-order chi connectivity index (χ1) is 6.34. The van der Waals surface area contributed by atoms with E-state index >= 15 is 0 Å². The summed E-state index contributed by atoms with van der Waals surface area (Å²) in [7, 11) is 0. The van der Waals surface area contributed by atoms with Gasteiger partial charge in [0.25, 0.3) is 0 Å². The first kappa shape index (κ1) is 9.34. The van der Waals surface area contributed by atoms with Gasteiger partial charge in [0.15, 0.2) is 0 Å². The minimum Gasteiger partial charge on any atom is -0.508 e. The molecule has 0 unspecified atom stereocenters. The third-order valence-electron chi connectivity index (χ3n) is 2.54. The third-order valence-corrected chi connectivity index (χ3v) is 2.54. The van der Waals surface area contributed by atoms with Gasteiger partial charge in [-0.05, 0) is 25.0 Å². The quantitative estimate of drug-likeness (QED) is 0.760. The number of hydrogen-bond donors (Lipinski definition) is 2. The summed E-state index contributed by atoms with van der Waals surface area (Å²) in [5.74, 6) is 0.941. The van der Waals surface area contributed by atoms with Crippen molar-refractivity contribution in [2.75, 3.05) is 0 Å². The Kier molecular flexibility index (Phi) is 2.11. The van der Waals surface area contributed by atoms with E-state index in [0.29, 0.717) is 11.7 Å². The number of rotatable bonds is 1. The molecule has 0 radical (unpaired) electrons. The van der Waals surface area contributed by atoms with Crippen molar-refractivity contribution in [3.05, 3.63) is 23.9 Å². The monoisotopic (exact) mass is 210 g/mol. The van der Waals surface area contributed by atoms with Crippen molar-refractivity contribution >= 4 is 23.3 Å². The SMILES string of the molecule is Cl.Oc1ccc2c(C3CC3)n[nH]c2c1. The Morgan fingerprint density at radius 3 is 2.86 bits per heavy atom. The second-order valence-electron chi connectivity index (χ2n) is 3.61. The van der Waals surface area contributed by atoms with Gasteiger partial charge in [0.1, 0.15) is 5.75 Å². The number of hydrogen-bond acceptors (Lipinski definition) is 2. The Morgan fingerprint density at radius 1 is 1.36 bits per heavy atom. The summed E-state index contributed by atoms with van der Waals surface area (Å²) in [5.41, 5.74) is 2.09. The van der Waals surface area contributed by atoms with Crippen LogP contribution in [0.25, 0.3) is 10.9 Å². The zero-order valence-corrected chi connectivity index (χ0v) is 8.34. The lowest BCUT2D eigenvalue weighted by Crippen LogP contribution is -1.78. The lowest BCUT2D eigenvalue weighted by Gasteiger charge is -1.93. The summed E-state index contributed by atoms with van der Waals surface area (Å²) in [6.45, 7) is 0. The average Bonchev–Trinajstić information content (AvgIpc) is 2.87. The van der Waals surface area contributed by atoms with Gasteiger partial charge in [-0.3, -0.25) is 5.10 Å². The number of aromatic nitrogens is 2. The van der Waals surface area contributed by atoms with E-state index in [0.717, 1.165) is 16.6 Å². The Morgan fingerprint density at radius 2 is 2.14 bits per heavy atom. The van der Waals surface area contributed by atoms with Crippen molar-refractivity contribution in [1.29, 1.82) is 0 Å². The molecule has 2 N–H and O–H groups in total. The van der Waals surface area contributed by atoms with E-state index in [-0.39, 0.29) is 12.4 Å². The second kappa shape index (κ2) is 3.17. The van der Waals surface area contributed by atoms with Gasteiger partial charge in [0, 0.05) is 17.4 Å². The van der Waals surface area contributed by atoms with Crippen LogP contribution < -0.4 is 0 Å². The molecular formula is C10H11ClN2O. The highest BCUT2D eigenvalue weighted by Gasteiger charge is 2.27. The maximum atomic E-state index is 9.25. The molecule has 0 aliphatic heterocycles. The summed E-state index contributed by atoms with van der Waals surface area (Å²) >= 11 is 0. The molecule has 3 rings (SSSR count). The minimum absolute atomic E-state index is 0. The number of benzene rings is 1. The van der Waals surface area contributed by atoms with Crippen molar-refractivity contribution in [1.82, 2.24) is 10.2 Å². The molecule has 1 saturated carbocycles. The fraction of sp³-hybridized carbons (Fsp3) is 0.300.